The van der Waals surface area contributed by atoms with E-state index in [4.69, 9.17) is 15.0 Å². The molecular weight excluding hydrogens is 306 g/mol. The fourth-order valence-corrected chi connectivity index (χ4v) is 2.94. The van der Waals surface area contributed by atoms with Crippen molar-refractivity contribution in [2.24, 2.45) is 5.11 Å². The van der Waals surface area contributed by atoms with Crippen molar-refractivity contribution in [1.82, 2.24) is 4.90 Å². The van der Waals surface area contributed by atoms with Crippen LogP contribution in [0.2, 0.25) is 0 Å². The van der Waals surface area contributed by atoms with Gasteiger partial charge in [-0.3, -0.25) is 4.90 Å². The highest BCUT2D eigenvalue weighted by atomic mass is 16.5. The van der Waals surface area contributed by atoms with Gasteiger partial charge in [-0.05, 0) is 38.4 Å². The van der Waals surface area contributed by atoms with Crippen LogP contribution in [0.4, 0.5) is 5.69 Å². The highest BCUT2D eigenvalue weighted by molar-refractivity contribution is 5.58. The van der Waals surface area contributed by atoms with Crippen molar-refractivity contribution in [1.29, 1.82) is 0 Å². The van der Waals surface area contributed by atoms with Crippen molar-refractivity contribution >= 4 is 5.69 Å². The number of hydrogen-bond donors (Lipinski definition) is 0. The molecule has 1 aliphatic heterocycles. The maximum Gasteiger partial charge on any atom is 0.142 e. The summed E-state index contributed by atoms with van der Waals surface area (Å²) in [6, 6.07) is 8.13. The second-order valence-electron chi connectivity index (χ2n) is 6.22. The highest BCUT2D eigenvalue weighted by Gasteiger charge is 2.28. The van der Waals surface area contributed by atoms with E-state index in [2.05, 4.69) is 25.9 Å². The average molecular weight is 333 g/mol. The Labute approximate surface area is 143 Å². The molecule has 1 heterocycles. The summed E-state index contributed by atoms with van der Waals surface area (Å²) in [6.45, 7) is 9.33. The van der Waals surface area contributed by atoms with Crippen LogP contribution in [0.3, 0.4) is 0 Å². The Morgan fingerprint density at radius 3 is 2.38 bits per heavy atom. The van der Waals surface area contributed by atoms with Gasteiger partial charge in [0.25, 0.3) is 0 Å². The van der Waals surface area contributed by atoms with E-state index >= 15 is 0 Å². The quantitative estimate of drug-likeness (QED) is 0.436. The van der Waals surface area contributed by atoms with Gasteiger partial charge in [-0.25, -0.2) is 0 Å². The molecule has 7 nitrogen and oxygen atoms in total. The number of anilines is 1. The standard InChI is InChI=1S/C17H27N5O2/c1-13(2)24-16-8-6-5-7-15(16)21-9-11-22(12-10-21)17(19-20-18)14(3)23-4/h5-8,13-14,17H,9-12H2,1-4H3. The Morgan fingerprint density at radius 1 is 1.12 bits per heavy atom. The van der Waals surface area contributed by atoms with Crippen LogP contribution in [0.25, 0.3) is 10.4 Å². The van der Waals surface area contributed by atoms with Crippen LogP contribution in [-0.2, 0) is 4.74 Å². The lowest BCUT2D eigenvalue weighted by Gasteiger charge is -2.40. The Hall–Kier alpha value is -1.95. The lowest BCUT2D eigenvalue weighted by Crippen LogP contribution is -2.53. The van der Waals surface area contributed by atoms with E-state index in [0.717, 1.165) is 37.6 Å². The minimum absolute atomic E-state index is 0.135. The van der Waals surface area contributed by atoms with Gasteiger partial charge in [0, 0.05) is 38.2 Å². The summed E-state index contributed by atoms with van der Waals surface area (Å²) in [6.07, 6.45) is -0.266. The van der Waals surface area contributed by atoms with Crippen molar-refractivity contribution in [2.75, 3.05) is 38.2 Å². The molecule has 1 fully saturated rings. The number of piperazine rings is 1. The summed E-state index contributed by atoms with van der Waals surface area (Å²) < 4.78 is 11.3. The fraction of sp³-hybridized carbons (Fsp3) is 0.647. The number of methoxy groups -OCH3 is 1. The molecule has 0 aromatic heterocycles. The third kappa shape index (κ3) is 4.54. The van der Waals surface area contributed by atoms with Crippen LogP contribution < -0.4 is 9.64 Å². The molecule has 0 saturated carbocycles. The number of para-hydroxylation sites is 2. The summed E-state index contributed by atoms with van der Waals surface area (Å²) in [7, 11) is 1.64. The number of rotatable bonds is 7. The van der Waals surface area contributed by atoms with Gasteiger partial charge < -0.3 is 14.4 Å². The Bertz CT molecular complexity index is 566. The highest BCUT2D eigenvalue weighted by Crippen LogP contribution is 2.30. The van der Waals surface area contributed by atoms with Crippen molar-refractivity contribution < 1.29 is 9.47 Å². The molecule has 0 bridgehead atoms. The van der Waals surface area contributed by atoms with Crippen LogP contribution in [0.5, 0.6) is 5.75 Å². The molecular formula is C17H27N5O2. The first-order valence-electron chi connectivity index (χ1n) is 8.38. The Kier molecular flexibility index (Phi) is 6.73. The van der Waals surface area contributed by atoms with Gasteiger partial charge in [0.1, 0.15) is 11.9 Å². The van der Waals surface area contributed by atoms with E-state index < -0.39 is 0 Å². The van der Waals surface area contributed by atoms with Gasteiger partial charge in [-0.1, -0.05) is 17.2 Å². The SMILES string of the molecule is COC(C)C(N=[N+]=[N-])N1CCN(c2ccccc2OC(C)C)CC1. The molecule has 0 amide bonds. The summed E-state index contributed by atoms with van der Waals surface area (Å²) in [5.41, 5.74) is 9.93. The predicted octanol–water partition coefficient (Wildman–Crippen LogP) is 3.27. The van der Waals surface area contributed by atoms with Gasteiger partial charge in [0.2, 0.25) is 0 Å². The van der Waals surface area contributed by atoms with Crippen molar-refractivity contribution in [3.63, 3.8) is 0 Å². The molecule has 0 radical (unpaired) electrons. The second-order valence-corrected chi connectivity index (χ2v) is 6.22. The number of benzene rings is 1. The zero-order valence-corrected chi connectivity index (χ0v) is 14.9. The molecule has 0 spiro atoms. The minimum atomic E-state index is -0.274. The van der Waals surface area contributed by atoms with Crippen LogP contribution in [-0.4, -0.2) is 56.6 Å². The van der Waals surface area contributed by atoms with E-state index in [1.807, 2.05) is 39.0 Å². The number of nitrogens with zero attached hydrogens (tertiary/aromatic N) is 5. The van der Waals surface area contributed by atoms with E-state index in [0.29, 0.717) is 0 Å². The van der Waals surface area contributed by atoms with Crippen molar-refractivity contribution in [2.45, 2.75) is 39.1 Å². The molecule has 1 saturated heterocycles. The maximum atomic E-state index is 8.81. The smallest absolute Gasteiger partial charge is 0.142 e. The van der Waals surface area contributed by atoms with Crippen LogP contribution in [0, 0.1) is 0 Å². The molecule has 1 aromatic rings. The van der Waals surface area contributed by atoms with Gasteiger partial charge >= 0.3 is 0 Å². The van der Waals surface area contributed by atoms with Gasteiger partial charge in [-0.2, -0.15) is 0 Å². The van der Waals surface area contributed by atoms with Gasteiger partial charge in [0.15, 0.2) is 0 Å². The topological polar surface area (TPSA) is 73.7 Å². The van der Waals surface area contributed by atoms with Gasteiger partial charge in [0.05, 0.1) is 17.9 Å². The average Bonchev–Trinajstić information content (AvgIpc) is 2.59. The maximum absolute atomic E-state index is 8.81. The predicted molar refractivity (Wildman–Crippen MR) is 95.4 cm³/mol. The molecule has 0 aliphatic carbocycles. The van der Waals surface area contributed by atoms with Crippen LogP contribution in [0.15, 0.2) is 29.4 Å². The lowest BCUT2D eigenvalue weighted by molar-refractivity contribution is 0.0258. The summed E-state index contributed by atoms with van der Waals surface area (Å²) in [4.78, 5) is 7.47. The monoisotopic (exact) mass is 333 g/mol. The molecule has 1 aromatic carbocycles. The fourth-order valence-electron chi connectivity index (χ4n) is 2.94. The number of hydrogen-bond acceptors (Lipinski definition) is 5. The normalized spacial score (nSPS) is 18.1. The molecule has 132 valence electrons. The molecule has 2 unspecified atom stereocenters. The van der Waals surface area contributed by atoms with Crippen molar-refractivity contribution in [3.05, 3.63) is 34.7 Å². The van der Waals surface area contributed by atoms with Crippen LogP contribution in [0.1, 0.15) is 20.8 Å². The molecule has 0 N–H and O–H groups in total. The van der Waals surface area contributed by atoms with E-state index in [1.165, 1.54) is 0 Å². The van der Waals surface area contributed by atoms with E-state index in [-0.39, 0.29) is 18.4 Å². The third-order valence-corrected chi connectivity index (χ3v) is 4.22. The zero-order valence-electron chi connectivity index (χ0n) is 14.9. The summed E-state index contributed by atoms with van der Waals surface area (Å²) in [5, 5.41) is 3.91. The number of ether oxygens (including phenoxy) is 2. The van der Waals surface area contributed by atoms with Gasteiger partial charge in [-0.15, -0.1) is 0 Å². The number of azide groups is 1. The first-order valence-corrected chi connectivity index (χ1v) is 8.38. The minimum Gasteiger partial charge on any atom is -0.489 e. The van der Waals surface area contributed by atoms with E-state index in [1.54, 1.807) is 7.11 Å². The van der Waals surface area contributed by atoms with Crippen molar-refractivity contribution in [3.8, 4) is 5.75 Å². The first-order chi connectivity index (χ1) is 11.6. The summed E-state index contributed by atoms with van der Waals surface area (Å²) in [5.74, 6) is 0.915. The van der Waals surface area contributed by atoms with Crippen LogP contribution >= 0.6 is 0 Å². The third-order valence-electron chi connectivity index (χ3n) is 4.22. The lowest BCUT2D eigenvalue weighted by atomic mass is 10.2. The largest absolute Gasteiger partial charge is 0.489 e. The second kappa shape index (κ2) is 8.78. The van der Waals surface area contributed by atoms with E-state index in [9.17, 15) is 0 Å². The molecule has 2 atom stereocenters. The molecule has 1 aliphatic rings. The Balaban J connectivity index is 2.06. The molecule has 2 rings (SSSR count). The zero-order chi connectivity index (χ0) is 17.5. The molecule has 24 heavy (non-hydrogen) atoms. The summed E-state index contributed by atoms with van der Waals surface area (Å²) >= 11 is 0. The Morgan fingerprint density at radius 2 is 1.79 bits per heavy atom. The first kappa shape index (κ1) is 18.4. The molecule has 7 heteroatoms.